The van der Waals surface area contributed by atoms with E-state index >= 15 is 0 Å². The van der Waals surface area contributed by atoms with Gasteiger partial charge >= 0.3 is 0 Å². The number of halogens is 1. The lowest BCUT2D eigenvalue weighted by atomic mass is 9.88. The molecule has 1 aliphatic rings. The van der Waals surface area contributed by atoms with E-state index in [-0.39, 0.29) is 12.4 Å². The van der Waals surface area contributed by atoms with E-state index in [9.17, 15) is 0 Å². The second-order valence-electron chi connectivity index (χ2n) is 6.06. The molecule has 6 heteroatoms. The van der Waals surface area contributed by atoms with Crippen LogP contribution in [0.3, 0.4) is 0 Å². The van der Waals surface area contributed by atoms with E-state index in [2.05, 4.69) is 17.6 Å². The number of methoxy groups -OCH3 is 3. The average Bonchev–Trinajstić information content (AvgIpc) is 2.60. The van der Waals surface area contributed by atoms with Crippen LogP contribution >= 0.6 is 12.4 Å². The number of hydrogen-bond donors (Lipinski definition) is 2. The van der Waals surface area contributed by atoms with E-state index < -0.39 is 0 Å². The Morgan fingerprint density at radius 1 is 1.12 bits per heavy atom. The first-order chi connectivity index (χ1) is 11.2. The summed E-state index contributed by atoms with van der Waals surface area (Å²) in [6.07, 6.45) is 4.91. The summed E-state index contributed by atoms with van der Waals surface area (Å²) in [5, 5.41) is 7.20. The Kier molecular flexibility index (Phi) is 9.08. The molecule has 2 atom stereocenters. The quantitative estimate of drug-likeness (QED) is 0.741. The van der Waals surface area contributed by atoms with Crippen molar-refractivity contribution in [2.24, 2.45) is 5.92 Å². The number of benzene rings is 1. The van der Waals surface area contributed by atoms with Crippen LogP contribution in [-0.4, -0.2) is 40.5 Å². The van der Waals surface area contributed by atoms with Gasteiger partial charge in [0, 0.05) is 23.9 Å². The van der Waals surface area contributed by atoms with Crippen molar-refractivity contribution in [2.45, 2.75) is 38.6 Å². The minimum Gasteiger partial charge on any atom is -0.493 e. The van der Waals surface area contributed by atoms with Crippen LogP contribution in [0.15, 0.2) is 12.1 Å². The molecule has 0 spiro atoms. The number of hydrogen-bond acceptors (Lipinski definition) is 5. The molecular formula is C18H31ClN2O3. The molecule has 1 fully saturated rings. The Morgan fingerprint density at radius 2 is 1.79 bits per heavy atom. The SMILES string of the molecule is CCCCC1CNCCC1Nc1cc(OC)c(OC)c(OC)c1.Cl. The molecule has 0 aliphatic carbocycles. The Hall–Kier alpha value is -1.33. The number of nitrogens with one attached hydrogen (secondary N) is 2. The van der Waals surface area contributed by atoms with Gasteiger partial charge in [0.1, 0.15) is 0 Å². The average molecular weight is 359 g/mol. The fourth-order valence-electron chi connectivity index (χ4n) is 3.26. The highest BCUT2D eigenvalue weighted by Crippen LogP contribution is 2.40. The minimum atomic E-state index is 0. The second-order valence-corrected chi connectivity index (χ2v) is 6.06. The first-order valence-corrected chi connectivity index (χ1v) is 8.50. The number of rotatable bonds is 8. The lowest BCUT2D eigenvalue weighted by molar-refractivity contribution is 0.317. The number of piperidine rings is 1. The fraction of sp³-hybridized carbons (Fsp3) is 0.667. The molecule has 1 aliphatic heterocycles. The summed E-state index contributed by atoms with van der Waals surface area (Å²) in [6, 6.07) is 4.45. The summed E-state index contributed by atoms with van der Waals surface area (Å²) in [5.74, 6) is 2.66. The fourth-order valence-corrected chi connectivity index (χ4v) is 3.26. The van der Waals surface area contributed by atoms with Crippen molar-refractivity contribution in [3.63, 3.8) is 0 Å². The molecule has 1 heterocycles. The molecule has 5 nitrogen and oxygen atoms in total. The third-order valence-electron chi connectivity index (χ3n) is 4.55. The zero-order chi connectivity index (χ0) is 16.7. The van der Waals surface area contributed by atoms with Gasteiger partial charge in [-0.3, -0.25) is 0 Å². The molecule has 1 aromatic rings. The Morgan fingerprint density at radius 3 is 2.33 bits per heavy atom. The van der Waals surface area contributed by atoms with Crippen molar-refractivity contribution >= 4 is 18.1 Å². The molecule has 24 heavy (non-hydrogen) atoms. The molecule has 0 radical (unpaired) electrons. The molecule has 0 bridgehead atoms. The highest BCUT2D eigenvalue weighted by molar-refractivity contribution is 5.85. The third-order valence-corrected chi connectivity index (χ3v) is 4.55. The predicted octanol–water partition coefficient (Wildman–Crippen LogP) is 3.71. The standard InChI is InChI=1S/C18H30N2O3.ClH/c1-5-6-7-13-12-19-9-8-15(13)20-14-10-16(21-2)18(23-4)17(11-14)22-3;/h10-11,13,15,19-20H,5-9,12H2,1-4H3;1H. The number of anilines is 1. The van der Waals surface area contributed by atoms with Gasteiger partial charge in [0.05, 0.1) is 21.3 Å². The maximum absolute atomic E-state index is 5.44. The molecular weight excluding hydrogens is 328 g/mol. The van der Waals surface area contributed by atoms with Crippen molar-refractivity contribution < 1.29 is 14.2 Å². The first-order valence-electron chi connectivity index (χ1n) is 8.50. The van der Waals surface area contributed by atoms with Crippen LogP contribution in [0, 0.1) is 5.92 Å². The van der Waals surface area contributed by atoms with Gasteiger partial charge in [0.15, 0.2) is 11.5 Å². The van der Waals surface area contributed by atoms with E-state index in [1.54, 1.807) is 21.3 Å². The van der Waals surface area contributed by atoms with Gasteiger partial charge in [-0.15, -0.1) is 12.4 Å². The van der Waals surface area contributed by atoms with Crippen LogP contribution in [0.5, 0.6) is 17.2 Å². The highest BCUT2D eigenvalue weighted by Gasteiger charge is 2.25. The third kappa shape index (κ3) is 5.08. The second kappa shape index (κ2) is 10.5. The van der Waals surface area contributed by atoms with Crippen LogP contribution < -0.4 is 24.8 Å². The van der Waals surface area contributed by atoms with E-state index in [0.717, 1.165) is 25.2 Å². The van der Waals surface area contributed by atoms with Crippen molar-refractivity contribution in [1.29, 1.82) is 0 Å². The largest absolute Gasteiger partial charge is 0.493 e. The van der Waals surface area contributed by atoms with E-state index in [1.807, 2.05) is 12.1 Å². The molecule has 2 rings (SSSR count). The molecule has 1 saturated heterocycles. The van der Waals surface area contributed by atoms with Crippen LogP contribution in [0.1, 0.15) is 32.6 Å². The minimum absolute atomic E-state index is 0. The van der Waals surface area contributed by atoms with Crippen molar-refractivity contribution in [2.75, 3.05) is 39.7 Å². The lowest BCUT2D eigenvalue weighted by Crippen LogP contribution is -2.43. The highest BCUT2D eigenvalue weighted by atomic mass is 35.5. The van der Waals surface area contributed by atoms with Gasteiger partial charge < -0.3 is 24.8 Å². The Bertz CT molecular complexity index is 474. The topological polar surface area (TPSA) is 51.8 Å². The molecule has 1 aromatic carbocycles. The lowest BCUT2D eigenvalue weighted by Gasteiger charge is -2.34. The normalized spacial score (nSPS) is 20.0. The van der Waals surface area contributed by atoms with Crippen LogP contribution in [0.4, 0.5) is 5.69 Å². The first kappa shape index (κ1) is 20.7. The molecule has 2 unspecified atom stereocenters. The van der Waals surface area contributed by atoms with Gasteiger partial charge in [-0.05, 0) is 31.8 Å². The van der Waals surface area contributed by atoms with Gasteiger partial charge in [-0.1, -0.05) is 19.8 Å². The zero-order valence-electron chi connectivity index (χ0n) is 15.2. The number of ether oxygens (including phenoxy) is 3. The molecule has 138 valence electrons. The van der Waals surface area contributed by atoms with E-state index in [0.29, 0.717) is 29.2 Å². The summed E-state index contributed by atoms with van der Waals surface area (Å²) in [4.78, 5) is 0. The molecule has 2 N–H and O–H groups in total. The Labute approximate surface area is 151 Å². The molecule has 0 aromatic heterocycles. The number of unbranched alkanes of at least 4 members (excludes halogenated alkanes) is 1. The van der Waals surface area contributed by atoms with Gasteiger partial charge in [0.2, 0.25) is 5.75 Å². The van der Waals surface area contributed by atoms with E-state index in [1.165, 1.54) is 19.3 Å². The van der Waals surface area contributed by atoms with Crippen molar-refractivity contribution in [3.05, 3.63) is 12.1 Å². The van der Waals surface area contributed by atoms with Crippen LogP contribution in [0.2, 0.25) is 0 Å². The van der Waals surface area contributed by atoms with Gasteiger partial charge in [-0.2, -0.15) is 0 Å². The smallest absolute Gasteiger partial charge is 0.203 e. The Balaban J connectivity index is 0.00000288. The maximum atomic E-state index is 5.44. The summed E-state index contributed by atoms with van der Waals surface area (Å²) in [5.41, 5.74) is 1.02. The zero-order valence-corrected chi connectivity index (χ0v) is 16.0. The summed E-state index contributed by atoms with van der Waals surface area (Å²) < 4.78 is 16.3. The monoisotopic (exact) mass is 358 g/mol. The summed E-state index contributed by atoms with van der Waals surface area (Å²) in [7, 11) is 4.92. The molecule has 0 amide bonds. The molecule has 0 saturated carbocycles. The van der Waals surface area contributed by atoms with Gasteiger partial charge in [0.25, 0.3) is 0 Å². The maximum Gasteiger partial charge on any atom is 0.203 e. The van der Waals surface area contributed by atoms with Crippen LogP contribution in [-0.2, 0) is 0 Å². The summed E-state index contributed by atoms with van der Waals surface area (Å²) in [6.45, 7) is 4.39. The van der Waals surface area contributed by atoms with Gasteiger partial charge in [-0.25, -0.2) is 0 Å². The van der Waals surface area contributed by atoms with Crippen molar-refractivity contribution in [3.8, 4) is 17.2 Å². The summed E-state index contributed by atoms with van der Waals surface area (Å²) >= 11 is 0. The predicted molar refractivity (Wildman–Crippen MR) is 101 cm³/mol. The van der Waals surface area contributed by atoms with E-state index in [4.69, 9.17) is 14.2 Å². The van der Waals surface area contributed by atoms with Crippen molar-refractivity contribution in [1.82, 2.24) is 5.32 Å². The van der Waals surface area contributed by atoms with Crippen LogP contribution in [0.25, 0.3) is 0 Å².